The lowest BCUT2D eigenvalue weighted by molar-refractivity contribution is -0.143. The quantitative estimate of drug-likeness (QED) is 0.796. The molecule has 1 aromatic carbocycles. The SMILES string of the molecule is CCOC(=O)Cn1cc(C#N)c(=O)c2cc(F)ccc21. The maximum atomic E-state index is 13.2. The third-order valence-electron chi connectivity index (χ3n) is 2.77. The van der Waals surface area contributed by atoms with Crippen LogP contribution in [-0.2, 0) is 16.1 Å². The Labute approximate surface area is 113 Å². The van der Waals surface area contributed by atoms with Crippen LogP contribution in [-0.4, -0.2) is 17.1 Å². The smallest absolute Gasteiger partial charge is 0.325 e. The maximum Gasteiger partial charge on any atom is 0.325 e. The zero-order chi connectivity index (χ0) is 14.7. The first kappa shape index (κ1) is 13.7. The fraction of sp³-hybridized carbons (Fsp3) is 0.214. The summed E-state index contributed by atoms with van der Waals surface area (Å²) in [4.78, 5) is 23.5. The number of carbonyl (C=O) groups excluding carboxylic acids is 1. The lowest BCUT2D eigenvalue weighted by atomic mass is 10.1. The molecule has 0 bridgehead atoms. The number of aromatic nitrogens is 1. The van der Waals surface area contributed by atoms with Crippen LogP contribution in [0.4, 0.5) is 4.39 Å². The van der Waals surface area contributed by atoms with Crippen molar-refractivity contribution < 1.29 is 13.9 Å². The molecule has 0 fully saturated rings. The number of benzene rings is 1. The molecule has 2 aromatic rings. The predicted octanol–water partition coefficient (Wildman–Crippen LogP) is 1.58. The number of hydrogen-bond acceptors (Lipinski definition) is 4. The summed E-state index contributed by atoms with van der Waals surface area (Å²) < 4.78 is 19.5. The van der Waals surface area contributed by atoms with Crippen LogP contribution >= 0.6 is 0 Å². The average Bonchev–Trinajstić information content (AvgIpc) is 2.42. The molecule has 0 spiro atoms. The molecule has 0 atom stereocenters. The van der Waals surface area contributed by atoms with E-state index < -0.39 is 17.2 Å². The number of rotatable bonds is 3. The first-order valence-corrected chi connectivity index (χ1v) is 5.95. The van der Waals surface area contributed by atoms with E-state index in [-0.39, 0.29) is 24.1 Å². The second-order valence-corrected chi connectivity index (χ2v) is 4.08. The summed E-state index contributed by atoms with van der Waals surface area (Å²) >= 11 is 0. The molecule has 6 heteroatoms. The molecule has 0 radical (unpaired) electrons. The van der Waals surface area contributed by atoms with Crippen LogP contribution < -0.4 is 5.43 Å². The van der Waals surface area contributed by atoms with E-state index in [9.17, 15) is 14.0 Å². The van der Waals surface area contributed by atoms with Crippen LogP contribution in [0.25, 0.3) is 10.9 Å². The Bertz CT molecular complexity index is 774. The van der Waals surface area contributed by atoms with Crippen molar-refractivity contribution in [3.05, 3.63) is 46.0 Å². The van der Waals surface area contributed by atoms with Crippen LogP contribution in [0.5, 0.6) is 0 Å². The number of ether oxygens (including phenoxy) is 1. The van der Waals surface area contributed by atoms with E-state index in [2.05, 4.69) is 0 Å². The van der Waals surface area contributed by atoms with Crippen molar-refractivity contribution in [2.75, 3.05) is 6.61 Å². The topological polar surface area (TPSA) is 72.1 Å². The molecule has 0 aliphatic carbocycles. The molecule has 20 heavy (non-hydrogen) atoms. The van der Waals surface area contributed by atoms with E-state index in [1.54, 1.807) is 13.0 Å². The van der Waals surface area contributed by atoms with Crippen LogP contribution in [0.3, 0.4) is 0 Å². The van der Waals surface area contributed by atoms with Crippen LogP contribution in [0.15, 0.2) is 29.2 Å². The molecular formula is C14H11FN2O3. The summed E-state index contributed by atoms with van der Waals surface area (Å²) in [7, 11) is 0. The highest BCUT2D eigenvalue weighted by molar-refractivity contribution is 5.82. The summed E-state index contributed by atoms with van der Waals surface area (Å²) in [5.41, 5.74) is -0.321. The molecule has 2 rings (SSSR count). The van der Waals surface area contributed by atoms with E-state index in [4.69, 9.17) is 10.00 Å². The van der Waals surface area contributed by atoms with Gasteiger partial charge < -0.3 is 9.30 Å². The standard InChI is InChI=1S/C14H11FN2O3/c1-2-20-13(18)8-17-7-9(6-16)14(19)11-5-10(15)3-4-12(11)17/h3-5,7H,2,8H2,1H3. The average molecular weight is 274 g/mol. The highest BCUT2D eigenvalue weighted by atomic mass is 19.1. The van der Waals surface area contributed by atoms with Crippen molar-refractivity contribution in [2.24, 2.45) is 0 Å². The molecular weight excluding hydrogens is 263 g/mol. The van der Waals surface area contributed by atoms with Crippen molar-refractivity contribution in [1.82, 2.24) is 4.57 Å². The minimum Gasteiger partial charge on any atom is -0.465 e. The minimum atomic E-state index is -0.577. The molecule has 5 nitrogen and oxygen atoms in total. The minimum absolute atomic E-state index is 0.0633. The third-order valence-corrected chi connectivity index (χ3v) is 2.77. The first-order chi connectivity index (χ1) is 9.56. The van der Waals surface area contributed by atoms with Crippen LogP contribution in [0.1, 0.15) is 12.5 Å². The number of halogens is 1. The largest absolute Gasteiger partial charge is 0.465 e. The van der Waals surface area contributed by atoms with Crippen molar-refractivity contribution in [3.63, 3.8) is 0 Å². The van der Waals surface area contributed by atoms with Crippen molar-refractivity contribution in [2.45, 2.75) is 13.5 Å². The van der Waals surface area contributed by atoms with Crippen molar-refractivity contribution in [3.8, 4) is 6.07 Å². The van der Waals surface area contributed by atoms with Crippen molar-refractivity contribution >= 4 is 16.9 Å². The normalized spacial score (nSPS) is 10.2. The van der Waals surface area contributed by atoms with E-state index >= 15 is 0 Å². The Balaban J connectivity index is 2.65. The second-order valence-electron chi connectivity index (χ2n) is 4.08. The van der Waals surface area contributed by atoms with Gasteiger partial charge >= 0.3 is 5.97 Å². The van der Waals surface area contributed by atoms with E-state index in [1.165, 1.54) is 22.9 Å². The Hall–Kier alpha value is -2.68. The third kappa shape index (κ3) is 2.52. The van der Waals surface area contributed by atoms with Gasteiger partial charge in [-0.2, -0.15) is 5.26 Å². The molecule has 0 aliphatic heterocycles. The van der Waals surface area contributed by atoms with Gasteiger partial charge in [-0.25, -0.2) is 4.39 Å². The van der Waals surface area contributed by atoms with Gasteiger partial charge in [0.2, 0.25) is 5.43 Å². The Morgan fingerprint density at radius 3 is 2.90 bits per heavy atom. The Morgan fingerprint density at radius 1 is 1.50 bits per heavy atom. The number of esters is 1. The molecule has 0 saturated carbocycles. The van der Waals surface area contributed by atoms with Gasteiger partial charge in [0.1, 0.15) is 24.0 Å². The van der Waals surface area contributed by atoms with E-state index in [1.807, 2.05) is 0 Å². The molecule has 0 saturated heterocycles. The number of pyridine rings is 1. The number of hydrogen-bond donors (Lipinski definition) is 0. The predicted molar refractivity (Wildman–Crippen MR) is 69.5 cm³/mol. The van der Waals surface area contributed by atoms with Gasteiger partial charge in [-0.3, -0.25) is 9.59 Å². The molecule has 1 aromatic heterocycles. The molecule has 0 amide bonds. The van der Waals surface area contributed by atoms with Crippen molar-refractivity contribution in [1.29, 1.82) is 5.26 Å². The highest BCUT2D eigenvalue weighted by Crippen LogP contribution is 2.13. The van der Waals surface area contributed by atoms with Gasteiger partial charge in [0.15, 0.2) is 0 Å². The summed E-state index contributed by atoms with van der Waals surface area (Å²) in [5, 5.41) is 9.00. The molecule has 0 N–H and O–H groups in total. The van der Waals surface area contributed by atoms with Crippen LogP contribution in [0, 0.1) is 17.1 Å². The van der Waals surface area contributed by atoms with Gasteiger partial charge in [0, 0.05) is 11.6 Å². The summed E-state index contributed by atoms with van der Waals surface area (Å²) in [5.74, 6) is -1.07. The van der Waals surface area contributed by atoms with Gasteiger partial charge in [-0.15, -0.1) is 0 Å². The Kier molecular flexibility index (Phi) is 3.80. The monoisotopic (exact) mass is 274 g/mol. The van der Waals surface area contributed by atoms with Crippen LogP contribution in [0.2, 0.25) is 0 Å². The van der Waals surface area contributed by atoms with E-state index in [0.717, 1.165) is 6.07 Å². The van der Waals surface area contributed by atoms with Gasteiger partial charge in [-0.1, -0.05) is 0 Å². The second kappa shape index (κ2) is 5.53. The zero-order valence-electron chi connectivity index (χ0n) is 10.7. The zero-order valence-corrected chi connectivity index (χ0v) is 10.7. The molecule has 0 aliphatic rings. The molecule has 1 heterocycles. The summed E-state index contributed by atoms with van der Waals surface area (Å²) in [6.07, 6.45) is 1.28. The van der Waals surface area contributed by atoms with Gasteiger partial charge in [0.05, 0.1) is 12.1 Å². The molecule has 0 unspecified atom stereocenters. The fourth-order valence-electron chi connectivity index (χ4n) is 1.93. The first-order valence-electron chi connectivity index (χ1n) is 5.95. The van der Waals surface area contributed by atoms with E-state index in [0.29, 0.717) is 5.52 Å². The van der Waals surface area contributed by atoms with Gasteiger partial charge in [0.25, 0.3) is 0 Å². The summed E-state index contributed by atoms with van der Waals surface area (Å²) in [6.45, 7) is 1.76. The number of carbonyl (C=O) groups is 1. The number of nitriles is 1. The molecule has 102 valence electrons. The van der Waals surface area contributed by atoms with Gasteiger partial charge in [-0.05, 0) is 25.1 Å². The summed E-state index contributed by atoms with van der Waals surface area (Å²) in [6, 6.07) is 5.39. The fourth-order valence-corrected chi connectivity index (χ4v) is 1.93. The number of nitrogens with zero attached hydrogens (tertiary/aromatic N) is 2. The number of fused-ring (bicyclic) bond motifs is 1. The maximum absolute atomic E-state index is 13.2. The lowest BCUT2D eigenvalue weighted by Gasteiger charge is -2.10. The highest BCUT2D eigenvalue weighted by Gasteiger charge is 2.12. The lowest BCUT2D eigenvalue weighted by Crippen LogP contribution is -2.18. The Morgan fingerprint density at radius 2 is 2.25 bits per heavy atom.